The lowest BCUT2D eigenvalue weighted by Gasteiger charge is -2.34. The van der Waals surface area contributed by atoms with Crippen LogP contribution in [0.2, 0.25) is 0 Å². The normalized spacial score (nSPS) is 12.6. The number of benzene rings is 23. The Balaban J connectivity index is 0.000000101. The number of para-hydroxylation sites is 4. The Labute approximate surface area is 851 Å². The predicted octanol–water partition coefficient (Wildman–Crippen LogP) is 37.5. The minimum Gasteiger partial charge on any atom is -0.356 e. The third-order valence-corrected chi connectivity index (χ3v) is 28.7. The lowest BCUT2D eigenvalue weighted by atomic mass is 9.67. The van der Waals surface area contributed by atoms with Gasteiger partial charge in [-0.2, -0.15) is 0 Å². The van der Waals surface area contributed by atoms with E-state index in [1.807, 2.05) is 36.4 Å². The zero-order valence-electron chi connectivity index (χ0n) is 82.0. The largest absolute Gasteiger partial charge is 0.356 e. The van der Waals surface area contributed by atoms with Crippen LogP contribution in [0.3, 0.4) is 0 Å². The summed E-state index contributed by atoms with van der Waals surface area (Å²) >= 11 is 0. The Kier molecular flexibility index (Phi) is 25.8. The van der Waals surface area contributed by atoms with Crippen LogP contribution in [0.1, 0.15) is 95.8 Å². The molecule has 6 N–H and O–H groups in total. The lowest BCUT2D eigenvalue weighted by Crippen LogP contribution is -2.28. The van der Waals surface area contributed by atoms with Crippen molar-refractivity contribution in [3.05, 3.63) is 613 Å². The minimum atomic E-state index is -0.358. The highest BCUT2D eigenvalue weighted by Gasteiger charge is 2.52. The van der Waals surface area contributed by atoms with Crippen molar-refractivity contribution >= 4 is 111 Å². The molecule has 0 saturated heterocycles. The minimum absolute atomic E-state index is 0.0559. The van der Waals surface area contributed by atoms with Gasteiger partial charge in [0.05, 0.1) is 10.8 Å². The second-order valence-corrected chi connectivity index (χ2v) is 39.0. The fourth-order valence-electron chi connectivity index (χ4n) is 21.9. The predicted molar refractivity (Wildman–Crippen MR) is 617 cm³/mol. The van der Waals surface area contributed by atoms with Crippen LogP contribution < -0.4 is 31.9 Å². The Morgan fingerprint density at radius 3 is 0.807 bits per heavy atom. The van der Waals surface area contributed by atoms with Crippen molar-refractivity contribution in [1.29, 1.82) is 0 Å². The molecule has 6 heteroatoms. The van der Waals surface area contributed by atoms with Crippen molar-refractivity contribution in [3.63, 3.8) is 0 Å². The Bertz CT molecular complexity index is 8200. The smallest absolute Gasteiger partial charge is 0.0726 e. The van der Waals surface area contributed by atoms with Gasteiger partial charge in [-0.1, -0.05) is 459 Å². The lowest BCUT2D eigenvalue weighted by molar-refractivity contribution is 0.590. The van der Waals surface area contributed by atoms with Gasteiger partial charge in [-0.25, -0.2) is 0 Å². The van der Waals surface area contributed by atoms with Crippen molar-refractivity contribution in [2.75, 3.05) is 31.9 Å². The topological polar surface area (TPSA) is 72.2 Å². The molecule has 0 saturated carbocycles. The highest BCUT2D eigenvalue weighted by molar-refractivity contribution is 6.02. The van der Waals surface area contributed by atoms with Gasteiger partial charge < -0.3 is 31.9 Å². The molecule has 23 aromatic rings. The van der Waals surface area contributed by atoms with E-state index in [4.69, 9.17) is 0 Å². The third kappa shape index (κ3) is 18.5. The maximum atomic E-state index is 3.61. The van der Waals surface area contributed by atoms with E-state index in [2.05, 4.69) is 582 Å². The number of anilines is 12. The molecule has 0 radical (unpaired) electrons. The van der Waals surface area contributed by atoms with Gasteiger partial charge in [0.2, 0.25) is 0 Å². The molecule has 145 heavy (non-hydrogen) atoms. The molecule has 23 aromatic carbocycles. The average molecular weight is 1870 g/mol. The van der Waals surface area contributed by atoms with E-state index in [0.717, 1.165) is 68.2 Å². The van der Waals surface area contributed by atoms with Gasteiger partial charge in [-0.3, -0.25) is 0 Å². The number of hydrogen-bond acceptors (Lipinski definition) is 6. The summed E-state index contributed by atoms with van der Waals surface area (Å²) in [7, 11) is 0. The standard InChI is InChI=1S/C31H21N.C31H23N.C21H19N.2C20H15N.C16H19N/c1-2-10-21(11-3-1)32-22-18-19-26-25-14-6-9-17-29(25)31(30(26)20-22)27-15-7-4-12-23(27)24-13-5-8-16-28(24)31;1-4-12-23(13-5-1)31(24-14-6-2-7-15-24)29-19-11-10-18-27(29)28-21-20-26(22-30(28)31)32-25-16-8-3-9-17-25;1-21(2)19-11-7-6-10-17(19)18-13-12-16(14-20(18)21)22-15-8-4-3-5-9-15;1-3-11-17-15(7-1)9-5-13-19(17)21-20-14-6-10-16-8-2-4-12-18(16)20;1-2-8-17-14-18(13-12-15(17)6-1)21-20-11-5-9-16-7-3-4-10-19(16)20;1-16(2,3)13-9-11-15(12-10-13)17-14-7-5-4-6-8-14/h1-20,32H;1-22,32H;3-14,22H,1-2H3;2*1-14,21H;4-12,17H,1-3H3. The van der Waals surface area contributed by atoms with Crippen LogP contribution in [0, 0.1) is 0 Å². The first kappa shape index (κ1) is 92.0. The molecule has 6 nitrogen and oxygen atoms in total. The van der Waals surface area contributed by atoms with Crippen molar-refractivity contribution in [2.24, 2.45) is 0 Å². The van der Waals surface area contributed by atoms with Gasteiger partial charge >= 0.3 is 0 Å². The molecule has 0 bridgehead atoms. The first-order valence-electron chi connectivity index (χ1n) is 50.2. The quantitative estimate of drug-likeness (QED) is 0.0652. The van der Waals surface area contributed by atoms with Crippen LogP contribution in [0.15, 0.2) is 552 Å². The van der Waals surface area contributed by atoms with Gasteiger partial charge in [-0.15, -0.1) is 0 Å². The molecule has 0 unspecified atom stereocenters. The molecule has 698 valence electrons. The summed E-state index contributed by atoms with van der Waals surface area (Å²) in [6.45, 7) is 11.3. The van der Waals surface area contributed by atoms with Crippen molar-refractivity contribution in [1.82, 2.24) is 0 Å². The molecular weight excluding hydrogens is 1750 g/mol. The van der Waals surface area contributed by atoms with Crippen molar-refractivity contribution in [2.45, 2.75) is 56.3 Å². The van der Waals surface area contributed by atoms with Crippen molar-refractivity contribution in [3.8, 4) is 44.5 Å². The SMILES string of the molecule is CC(C)(C)c1ccc(Nc2ccccc2)cc1.CC1(C)c2ccccc2-c2ccc(Nc3ccccc3)cc21.c1ccc(Nc2ccc3c(c2)C(c2ccccc2)(c2ccccc2)c2ccccc2-3)cc1.c1ccc(Nc2ccc3c(c2)C2(c4ccccc4-c4ccccc42)c2ccccc2-3)cc1.c1ccc2c(Nc3cccc4ccccc34)cccc2c1.c1ccc2cc(Nc3cccc4ccccc34)ccc2c1. The summed E-state index contributed by atoms with van der Waals surface area (Å²) in [5.41, 5.74) is 38.7. The van der Waals surface area contributed by atoms with E-state index < -0.39 is 0 Å². The summed E-state index contributed by atoms with van der Waals surface area (Å²) in [4.78, 5) is 0. The fourth-order valence-corrected chi connectivity index (χ4v) is 21.9. The van der Waals surface area contributed by atoms with E-state index in [1.54, 1.807) is 0 Å². The van der Waals surface area contributed by atoms with Gasteiger partial charge in [0.1, 0.15) is 0 Å². The Morgan fingerprint density at radius 1 is 0.159 bits per heavy atom. The van der Waals surface area contributed by atoms with E-state index in [0.29, 0.717) is 0 Å². The zero-order valence-corrected chi connectivity index (χ0v) is 82.0. The van der Waals surface area contributed by atoms with Gasteiger partial charge in [0.25, 0.3) is 0 Å². The van der Waals surface area contributed by atoms with Gasteiger partial charge in [-0.05, 0) is 265 Å². The van der Waals surface area contributed by atoms with E-state index in [9.17, 15) is 0 Å². The number of rotatable bonds is 14. The van der Waals surface area contributed by atoms with Crippen LogP contribution in [0.4, 0.5) is 68.2 Å². The summed E-state index contributed by atoms with van der Waals surface area (Å²) in [6.07, 6.45) is 0. The average Bonchev–Trinajstić information content (AvgIpc) is 1.51. The molecule has 0 heterocycles. The molecule has 4 aliphatic carbocycles. The summed E-state index contributed by atoms with van der Waals surface area (Å²) in [5.74, 6) is 0. The van der Waals surface area contributed by atoms with Crippen LogP contribution in [0.5, 0.6) is 0 Å². The van der Waals surface area contributed by atoms with Crippen molar-refractivity contribution < 1.29 is 0 Å². The third-order valence-electron chi connectivity index (χ3n) is 28.7. The second kappa shape index (κ2) is 40.6. The first-order valence-corrected chi connectivity index (χ1v) is 50.2. The fraction of sp³-hybridized carbons (Fsp3) is 0.0647. The molecule has 1 spiro atoms. The molecule has 0 amide bonds. The molecular formula is C139H112N6. The van der Waals surface area contributed by atoms with Crippen LogP contribution >= 0.6 is 0 Å². The number of fused-ring (bicyclic) bond motifs is 20. The second-order valence-electron chi connectivity index (χ2n) is 39.0. The van der Waals surface area contributed by atoms with Crippen LogP contribution in [-0.2, 0) is 21.7 Å². The van der Waals surface area contributed by atoms with E-state index >= 15 is 0 Å². The Hall–Kier alpha value is -18.1. The molecule has 27 rings (SSSR count). The molecule has 0 fully saturated rings. The van der Waals surface area contributed by atoms with Crippen LogP contribution in [-0.4, -0.2) is 0 Å². The summed E-state index contributed by atoms with van der Waals surface area (Å²) in [6, 6.07) is 196. The van der Waals surface area contributed by atoms with Gasteiger partial charge in [0.15, 0.2) is 0 Å². The summed E-state index contributed by atoms with van der Waals surface area (Å²) < 4.78 is 0. The van der Waals surface area contributed by atoms with Crippen LogP contribution in [0.25, 0.3) is 87.6 Å². The van der Waals surface area contributed by atoms with Gasteiger partial charge in [0, 0.05) is 89.8 Å². The maximum absolute atomic E-state index is 3.61. The summed E-state index contributed by atoms with van der Waals surface area (Å²) in [5, 5.41) is 31.2. The van der Waals surface area contributed by atoms with E-state index in [-0.39, 0.29) is 21.7 Å². The first-order chi connectivity index (χ1) is 71.3. The number of nitrogens with one attached hydrogen (secondary N) is 6. The monoisotopic (exact) mass is 1860 g/mol. The highest BCUT2D eigenvalue weighted by Crippen LogP contribution is 2.64. The molecule has 0 aliphatic heterocycles. The molecule has 0 aromatic heterocycles. The number of hydrogen-bond donors (Lipinski definition) is 6. The maximum Gasteiger partial charge on any atom is 0.0726 e. The molecule has 4 aliphatic rings. The van der Waals surface area contributed by atoms with E-state index in [1.165, 1.54) is 149 Å². The zero-order chi connectivity index (χ0) is 98.1. The highest BCUT2D eigenvalue weighted by atomic mass is 14.9. The molecule has 0 atom stereocenters. The Morgan fingerprint density at radius 2 is 0.414 bits per heavy atom.